The van der Waals surface area contributed by atoms with Gasteiger partial charge in [0.05, 0.1) is 11.1 Å². The summed E-state index contributed by atoms with van der Waals surface area (Å²) in [7, 11) is 0. The van der Waals surface area contributed by atoms with Crippen molar-refractivity contribution in [2.75, 3.05) is 0 Å². The number of hydrogen-bond acceptors (Lipinski definition) is 3. The van der Waals surface area contributed by atoms with Crippen molar-refractivity contribution in [3.05, 3.63) is 35.4 Å². The molecular formula is C14H14N2O2. The number of carbonyl (C=O) groups excluding carboxylic acids is 2. The van der Waals surface area contributed by atoms with E-state index in [1.54, 1.807) is 12.1 Å². The highest BCUT2D eigenvalue weighted by Gasteiger charge is 2.57. The molecule has 0 radical (unpaired) electrons. The largest absolute Gasteiger partial charge is 0.276 e. The molecule has 2 heterocycles. The first-order chi connectivity index (χ1) is 8.79. The van der Waals surface area contributed by atoms with Crippen LogP contribution < -0.4 is 0 Å². The molecule has 1 aliphatic carbocycles. The zero-order valence-electron chi connectivity index (χ0n) is 10.0. The van der Waals surface area contributed by atoms with E-state index in [-0.39, 0.29) is 11.8 Å². The summed E-state index contributed by atoms with van der Waals surface area (Å²) < 4.78 is 0. The summed E-state index contributed by atoms with van der Waals surface area (Å²) in [5, 5.41) is 3.38. The van der Waals surface area contributed by atoms with Crippen molar-refractivity contribution in [1.29, 1.82) is 0 Å². The Morgan fingerprint density at radius 3 is 1.89 bits per heavy atom. The molecule has 1 aromatic carbocycles. The molecule has 2 fully saturated rings. The third-order valence-electron chi connectivity index (χ3n) is 4.29. The van der Waals surface area contributed by atoms with Gasteiger partial charge in [0, 0.05) is 12.1 Å². The Bertz CT molecular complexity index is 507. The highest BCUT2D eigenvalue weighted by Crippen LogP contribution is 2.44. The smallest absolute Gasteiger partial charge is 0.267 e. The minimum atomic E-state index is -0.148. The van der Waals surface area contributed by atoms with E-state index in [2.05, 4.69) is 0 Å². The minimum absolute atomic E-state index is 0.148. The molecule has 4 rings (SSSR count). The first-order valence-corrected chi connectivity index (χ1v) is 6.55. The minimum Gasteiger partial charge on any atom is -0.267 e. The molecule has 92 valence electrons. The van der Waals surface area contributed by atoms with Crippen LogP contribution in [-0.2, 0) is 0 Å². The topological polar surface area (TPSA) is 40.4 Å². The Morgan fingerprint density at radius 2 is 1.39 bits per heavy atom. The van der Waals surface area contributed by atoms with Crippen LogP contribution in [0.3, 0.4) is 0 Å². The normalized spacial score (nSPS) is 33.3. The molecule has 0 bridgehead atoms. The predicted molar refractivity (Wildman–Crippen MR) is 64.8 cm³/mol. The van der Waals surface area contributed by atoms with Gasteiger partial charge in [0.1, 0.15) is 0 Å². The van der Waals surface area contributed by atoms with Gasteiger partial charge in [-0.15, -0.1) is 0 Å². The molecule has 1 saturated heterocycles. The van der Waals surface area contributed by atoms with E-state index < -0.39 is 0 Å². The number of rotatable bonds is 1. The Kier molecular flexibility index (Phi) is 1.95. The van der Waals surface area contributed by atoms with Crippen molar-refractivity contribution in [3.8, 4) is 0 Å². The zero-order chi connectivity index (χ0) is 12.3. The van der Waals surface area contributed by atoms with Gasteiger partial charge in [-0.05, 0) is 25.0 Å². The van der Waals surface area contributed by atoms with Gasteiger partial charge in [0.2, 0.25) is 0 Å². The molecule has 0 aromatic heterocycles. The van der Waals surface area contributed by atoms with E-state index in [9.17, 15) is 9.59 Å². The van der Waals surface area contributed by atoms with Crippen LogP contribution in [0.25, 0.3) is 0 Å². The van der Waals surface area contributed by atoms with Crippen LogP contribution >= 0.6 is 0 Å². The molecule has 4 heteroatoms. The fourth-order valence-corrected chi connectivity index (χ4v) is 3.36. The maximum Gasteiger partial charge on any atom is 0.276 e. The van der Waals surface area contributed by atoms with Crippen LogP contribution in [0.1, 0.15) is 46.4 Å². The number of hydrazine groups is 1. The number of benzene rings is 1. The zero-order valence-corrected chi connectivity index (χ0v) is 10.0. The predicted octanol–water partition coefficient (Wildman–Crippen LogP) is 1.82. The number of nitrogens with zero attached hydrogens (tertiary/aromatic N) is 2. The quantitative estimate of drug-likeness (QED) is 0.557. The number of imide groups is 1. The average molecular weight is 242 g/mol. The van der Waals surface area contributed by atoms with Crippen LogP contribution in [0.2, 0.25) is 0 Å². The number of hydrogen-bond donors (Lipinski definition) is 0. The maximum atomic E-state index is 12.3. The van der Waals surface area contributed by atoms with E-state index in [0.29, 0.717) is 23.2 Å². The first kappa shape index (κ1) is 10.3. The molecule has 18 heavy (non-hydrogen) atoms. The van der Waals surface area contributed by atoms with E-state index in [0.717, 1.165) is 12.8 Å². The fraction of sp³-hybridized carbons (Fsp3) is 0.429. The Labute approximate surface area is 105 Å². The van der Waals surface area contributed by atoms with Crippen LogP contribution in [0, 0.1) is 0 Å². The Balaban J connectivity index is 1.69. The second kappa shape index (κ2) is 3.42. The lowest BCUT2D eigenvalue weighted by atomic mass is 10.0. The highest BCUT2D eigenvalue weighted by molar-refractivity contribution is 6.21. The third kappa shape index (κ3) is 1.18. The van der Waals surface area contributed by atoms with Crippen LogP contribution in [0.15, 0.2) is 24.3 Å². The summed E-state index contributed by atoms with van der Waals surface area (Å²) in [5.41, 5.74) is 1.09. The molecule has 0 N–H and O–H groups in total. The lowest BCUT2D eigenvalue weighted by molar-refractivity contribution is 0.0343. The molecule has 3 aliphatic rings. The maximum absolute atomic E-state index is 12.3. The molecule has 2 amide bonds. The number of amides is 2. The summed E-state index contributed by atoms with van der Waals surface area (Å²) in [6.07, 6.45) is 4.64. The lowest BCUT2D eigenvalue weighted by Crippen LogP contribution is -2.37. The summed E-state index contributed by atoms with van der Waals surface area (Å²) in [4.78, 5) is 24.6. The van der Waals surface area contributed by atoms with Crippen molar-refractivity contribution in [2.45, 2.75) is 37.8 Å². The molecular weight excluding hydrogens is 228 g/mol. The van der Waals surface area contributed by atoms with E-state index in [4.69, 9.17) is 0 Å². The molecule has 1 saturated carbocycles. The molecule has 2 atom stereocenters. The molecule has 1 aromatic rings. The second-order valence-corrected chi connectivity index (χ2v) is 5.27. The van der Waals surface area contributed by atoms with Crippen LogP contribution in [0.5, 0.6) is 0 Å². The third-order valence-corrected chi connectivity index (χ3v) is 4.29. The van der Waals surface area contributed by atoms with E-state index in [1.165, 1.54) is 17.9 Å². The number of fused-ring (bicyclic) bond motifs is 2. The van der Waals surface area contributed by atoms with Gasteiger partial charge < -0.3 is 0 Å². The van der Waals surface area contributed by atoms with Crippen molar-refractivity contribution in [3.63, 3.8) is 0 Å². The van der Waals surface area contributed by atoms with Crippen molar-refractivity contribution in [1.82, 2.24) is 10.0 Å². The SMILES string of the molecule is O=C1c2ccccc2C(=O)N1N1[C@@H]2CCCC[C@H]21. The molecule has 0 spiro atoms. The fourth-order valence-electron chi connectivity index (χ4n) is 3.36. The van der Waals surface area contributed by atoms with Gasteiger partial charge >= 0.3 is 0 Å². The molecule has 2 aliphatic heterocycles. The number of carbonyl (C=O) groups is 2. The van der Waals surface area contributed by atoms with Crippen LogP contribution in [0.4, 0.5) is 0 Å². The Morgan fingerprint density at radius 1 is 0.889 bits per heavy atom. The summed E-state index contributed by atoms with van der Waals surface area (Å²) in [6.45, 7) is 0. The van der Waals surface area contributed by atoms with Crippen molar-refractivity contribution in [2.24, 2.45) is 0 Å². The van der Waals surface area contributed by atoms with Gasteiger partial charge in [-0.1, -0.05) is 25.0 Å². The van der Waals surface area contributed by atoms with E-state index in [1.807, 2.05) is 17.1 Å². The molecule has 0 unspecified atom stereocenters. The first-order valence-electron chi connectivity index (χ1n) is 6.55. The summed E-state index contributed by atoms with van der Waals surface area (Å²) in [5.74, 6) is -0.296. The second-order valence-electron chi connectivity index (χ2n) is 5.27. The van der Waals surface area contributed by atoms with Gasteiger partial charge in [0.15, 0.2) is 0 Å². The van der Waals surface area contributed by atoms with E-state index >= 15 is 0 Å². The van der Waals surface area contributed by atoms with Gasteiger partial charge in [-0.2, -0.15) is 0 Å². The molecule has 4 nitrogen and oxygen atoms in total. The Hall–Kier alpha value is -1.68. The highest BCUT2D eigenvalue weighted by atomic mass is 16.2. The lowest BCUT2D eigenvalue weighted by Gasteiger charge is -2.15. The monoisotopic (exact) mass is 242 g/mol. The standard InChI is InChI=1S/C14H14N2O2/c17-13-9-5-1-2-6-10(9)14(18)16(13)15-11-7-3-4-8-12(11)15/h1-2,5-6,11-12H,3-4,7-8H2/t11-,12-/m1/s1. The summed E-state index contributed by atoms with van der Waals surface area (Å²) >= 11 is 0. The van der Waals surface area contributed by atoms with Gasteiger partial charge in [-0.25, -0.2) is 10.0 Å². The summed E-state index contributed by atoms with van der Waals surface area (Å²) in [6, 6.07) is 7.93. The average Bonchev–Trinajstić information content (AvgIpc) is 3.07. The van der Waals surface area contributed by atoms with Crippen LogP contribution in [-0.4, -0.2) is 33.9 Å². The van der Waals surface area contributed by atoms with Crippen molar-refractivity contribution >= 4 is 11.8 Å². The van der Waals surface area contributed by atoms with Gasteiger partial charge in [-0.3, -0.25) is 9.59 Å². The van der Waals surface area contributed by atoms with Crippen molar-refractivity contribution < 1.29 is 9.59 Å². The van der Waals surface area contributed by atoms with Gasteiger partial charge in [0.25, 0.3) is 11.8 Å².